The third kappa shape index (κ3) is 3.64. The minimum atomic E-state index is -0.379. The molecule has 0 amide bonds. The predicted molar refractivity (Wildman–Crippen MR) is 79.5 cm³/mol. The molecule has 4 nitrogen and oxygen atoms in total. The van der Waals surface area contributed by atoms with E-state index in [4.69, 9.17) is 0 Å². The lowest BCUT2D eigenvalue weighted by Crippen LogP contribution is -2.23. The molecule has 0 aliphatic heterocycles. The summed E-state index contributed by atoms with van der Waals surface area (Å²) >= 11 is 0. The largest absolute Gasteiger partial charge is 0.303 e. The van der Waals surface area contributed by atoms with E-state index >= 15 is 0 Å². The molecule has 2 aromatic carbocycles. The van der Waals surface area contributed by atoms with Crippen LogP contribution in [0.15, 0.2) is 48.5 Å². The molecule has 110 valence electrons. The minimum Gasteiger partial charge on any atom is -0.303 e. The summed E-state index contributed by atoms with van der Waals surface area (Å²) in [6.45, 7) is 3.82. The second kappa shape index (κ2) is 6.45. The summed E-state index contributed by atoms with van der Waals surface area (Å²) in [5, 5.41) is 14.4. The van der Waals surface area contributed by atoms with Crippen LogP contribution in [0.5, 0.6) is 0 Å². The predicted octanol–water partition coefficient (Wildman–Crippen LogP) is 4.15. The molecule has 0 fully saturated rings. The summed E-state index contributed by atoms with van der Waals surface area (Å²) < 4.78 is 12.9. The van der Waals surface area contributed by atoms with Gasteiger partial charge in [0.25, 0.3) is 5.69 Å². The lowest BCUT2D eigenvalue weighted by Gasteiger charge is -2.20. The van der Waals surface area contributed by atoms with Crippen LogP contribution in [-0.4, -0.2) is 4.92 Å². The van der Waals surface area contributed by atoms with Crippen LogP contribution in [0, 0.1) is 15.9 Å². The number of hydrogen-bond acceptors (Lipinski definition) is 3. The Bertz CT molecular complexity index is 628. The van der Waals surface area contributed by atoms with Crippen LogP contribution in [0.4, 0.5) is 10.1 Å². The normalized spacial score (nSPS) is 13.7. The molecule has 1 N–H and O–H groups in total. The van der Waals surface area contributed by atoms with Crippen molar-refractivity contribution in [2.75, 3.05) is 0 Å². The summed E-state index contributed by atoms with van der Waals surface area (Å²) in [6.07, 6.45) is 0. The van der Waals surface area contributed by atoms with E-state index in [-0.39, 0.29) is 28.5 Å². The summed E-state index contributed by atoms with van der Waals surface area (Å²) in [5.41, 5.74) is 1.67. The van der Waals surface area contributed by atoms with Crippen LogP contribution >= 0.6 is 0 Å². The van der Waals surface area contributed by atoms with E-state index in [1.54, 1.807) is 30.3 Å². The molecular formula is C16H17FN2O2. The van der Waals surface area contributed by atoms with E-state index in [9.17, 15) is 14.5 Å². The molecule has 0 aromatic heterocycles. The highest BCUT2D eigenvalue weighted by Gasteiger charge is 2.19. The van der Waals surface area contributed by atoms with Crippen LogP contribution < -0.4 is 5.32 Å². The zero-order valence-electron chi connectivity index (χ0n) is 11.9. The Morgan fingerprint density at radius 2 is 1.67 bits per heavy atom. The zero-order valence-corrected chi connectivity index (χ0v) is 11.9. The quantitative estimate of drug-likeness (QED) is 0.664. The number of hydrogen-bond donors (Lipinski definition) is 1. The van der Waals surface area contributed by atoms with Crippen molar-refractivity contribution in [1.82, 2.24) is 5.32 Å². The molecule has 0 saturated heterocycles. The van der Waals surface area contributed by atoms with Gasteiger partial charge in [-0.3, -0.25) is 10.1 Å². The molecule has 5 heteroatoms. The molecule has 0 aliphatic carbocycles. The summed E-state index contributed by atoms with van der Waals surface area (Å²) in [7, 11) is 0. The average Bonchev–Trinajstić information content (AvgIpc) is 2.47. The Hall–Kier alpha value is -2.27. The van der Waals surface area contributed by atoms with Crippen molar-refractivity contribution in [1.29, 1.82) is 0 Å². The van der Waals surface area contributed by atoms with Gasteiger partial charge in [0.15, 0.2) is 0 Å². The molecular weight excluding hydrogens is 271 g/mol. The number of nitrogens with zero attached hydrogens (tertiary/aromatic N) is 1. The lowest BCUT2D eigenvalue weighted by molar-refractivity contribution is -0.385. The number of rotatable bonds is 5. The fourth-order valence-corrected chi connectivity index (χ4v) is 2.33. The first-order chi connectivity index (χ1) is 9.99. The smallest absolute Gasteiger partial charge is 0.274 e. The van der Waals surface area contributed by atoms with E-state index in [1.807, 2.05) is 13.8 Å². The van der Waals surface area contributed by atoms with E-state index < -0.39 is 0 Å². The average molecular weight is 288 g/mol. The summed E-state index contributed by atoms with van der Waals surface area (Å²) in [6, 6.07) is 12.7. The molecule has 0 heterocycles. The van der Waals surface area contributed by atoms with E-state index in [0.717, 1.165) is 5.56 Å². The molecule has 0 aliphatic rings. The molecule has 0 saturated carbocycles. The first-order valence-electron chi connectivity index (χ1n) is 6.74. The Morgan fingerprint density at radius 1 is 1.05 bits per heavy atom. The Kier molecular flexibility index (Phi) is 4.65. The summed E-state index contributed by atoms with van der Waals surface area (Å²) in [5.74, 6) is -0.280. The second-order valence-corrected chi connectivity index (χ2v) is 4.98. The van der Waals surface area contributed by atoms with Crippen molar-refractivity contribution in [3.63, 3.8) is 0 Å². The maximum atomic E-state index is 12.9. The van der Waals surface area contributed by atoms with Crippen LogP contribution in [0.3, 0.4) is 0 Å². The van der Waals surface area contributed by atoms with Gasteiger partial charge in [-0.1, -0.05) is 30.3 Å². The highest BCUT2D eigenvalue weighted by molar-refractivity contribution is 5.41. The number of halogens is 1. The Morgan fingerprint density at radius 3 is 2.29 bits per heavy atom. The van der Waals surface area contributed by atoms with Crippen molar-refractivity contribution in [2.45, 2.75) is 25.9 Å². The monoisotopic (exact) mass is 288 g/mol. The van der Waals surface area contributed by atoms with Gasteiger partial charge in [-0.2, -0.15) is 0 Å². The van der Waals surface area contributed by atoms with Crippen molar-refractivity contribution in [2.24, 2.45) is 0 Å². The van der Waals surface area contributed by atoms with Crippen molar-refractivity contribution >= 4 is 5.69 Å². The molecule has 0 radical (unpaired) electrons. The fraction of sp³-hybridized carbons (Fsp3) is 0.250. The number of nitro benzene ring substituents is 1. The van der Waals surface area contributed by atoms with Gasteiger partial charge < -0.3 is 5.32 Å². The van der Waals surface area contributed by atoms with Gasteiger partial charge >= 0.3 is 0 Å². The third-order valence-electron chi connectivity index (χ3n) is 3.47. The standard InChI is InChI=1S/C16H17FN2O2/c1-11(13-7-9-14(17)10-8-13)18-12(2)15-5-3-4-6-16(15)19(20)21/h3-12,18H,1-2H3. The van der Waals surface area contributed by atoms with Crippen molar-refractivity contribution < 1.29 is 9.31 Å². The van der Waals surface area contributed by atoms with Crippen LogP contribution in [0.1, 0.15) is 37.1 Å². The molecule has 2 unspecified atom stereocenters. The number of benzene rings is 2. The van der Waals surface area contributed by atoms with Gasteiger partial charge in [0.05, 0.1) is 4.92 Å². The van der Waals surface area contributed by atoms with Gasteiger partial charge in [0.1, 0.15) is 5.82 Å². The maximum absolute atomic E-state index is 12.9. The van der Waals surface area contributed by atoms with Crippen molar-refractivity contribution in [3.8, 4) is 0 Å². The number of para-hydroxylation sites is 1. The maximum Gasteiger partial charge on any atom is 0.274 e. The van der Waals surface area contributed by atoms with E-state index in [0.29, 0.717) is 5.56 Å². The molecule has 0 spiro atoms. The lowest BCUT2D eigenvalue weighted by atomic mass is 10.0. The van der Waals surface area contributed by atoms with E-state index in [2.05, 4.69) is 5.32 Å². The van der Waals surface area contributed by atoms with Gasteiger partial charge in [-0.25, -0.2) is 4.39 Å². The van der Waals surface area contributed by atoms with Gasteiger partial charge in [-0.15, -0.1) is 0 Å². The minimum absolute atomic E-state index is 0.0413. The molecule has 2 rings (SSSR count). The first kappa shape index (κ1) is 15.1. The number of nitro groups is 1. The van der Waals surface area contributed by atoms with Crippen LogP contribution in [-0.2, 0) is 0 Å². The third-order valence-corrected chi connectivity index (χ3v) is 3.47. The van der Waals surface area contributed by atoms with Crippen LogP contribution in [0.2, 0.25) is 0 Å². The Balaban J connectivity index is 2.16. The van der Waals surface area contributed by atoms with Gasteiger partial charge in [-0.05, 0) is 31.5 Å². The fourth-order valence-electron chi connectivity index (χ4n) is 2.33. The summed E-state index contributed by atoms with van der Waals surface area (Å²) in [4.78, 5) is 10.7. The molecule has 2 atom stereocenters. The highest BCUT2D eigenvalue weighted by Crippen LogP contribution is 2.26. The Labute approximate surface area is 122 Å². The number of nitrogens with one attached hydrogen (secondary N) is 1. The van der Waals surface area contributed by atoms with E-state index in [1.165, 1.54) is 18.2 Å². The van der Waals surface area contributed by atoms with Crippen LogP contribution in [0.25, 0.3) is 0 Å². The highest BCUT2D eigenvalue weighted by atomic mass is 19.1. The molecule has 2 aromatic rings. The molecule has 21 heavy (non-hydrogen) atoms. The van der Waals surface area contributed by atoms with Gasteiger partial charge in [0.2, 0.25) is 0 Å². The van der Waals surface area contributed by atoms with Crippen molar-refractivity contribution in [3.05, 3.63) is 75.6 Å². The van der Waals surface area contributed by atoms with Gasteiger partial charge in [0, 0.05) is 23.7 Å². The molecule has 0 bridgehead atoms. The first-order valence-corrected chi connectivity index (χ1v) is 6.74. The topological polar surface area (TPSA) is 55.2 Å². The second-order valence-electron chi connectivity index (χ2n) is 4.98. The SMILES string of the molecule is CC(NC(C)c1ccccc1[N+](=O)[O-])c1ccc(F)cc1. The zero-order chi connectivity index (χ0) is 15.4.